The molecular formula is C15H16N2. The zero-order valence-corrected chi connectivity index (χ0v) is 10.4. The fraction of sp³-hybridized carbons (Fsp3) is 0.267. The Labute approximate surface area is 101 Å². The summed E-state index contributed by atoms with van der Waals surface area (Å²) in [5.41, 5.74) is 4.56. The Morgan fingerprint density at radius 2 is 1.71 bits per heavy atom. The van der Waals surface area contributed by atoms with Gasteiger partial charge in [-0.3, -0.25) is 4.98 Å². The Morgan fingerprint density at radius 1 is 0.941 bits per heavy atom. The largest absolute Gasteiger partial charge is 0.353 e. The first kappa shape index (κ1) is 10.3. The summed E-state index contributed by atoms with van der Waals surface area (Å²) >= 11 is 0. The number of benzene rings is 1. The summed E-state index contributed by atoms with van der Waals surface area (Å²) < 4.78 is 0. The maximum absolute atomic E-state index is 4.80. The van der Waals surface area contributed by atoms with E-state index in [4.69, 9.17) is 4.98 Å². The standard InChI is InChI=1S/C15H16N2/c1-15(2,3)13-9-8-12-14(17-13)10-6-4-5-7-11(10)16-12/h4-9,16H,1-3H3. The third kappa shape index (κ3) is 1.60. The quantitative estimate of drug-likeness (QED) is 0.614. The predicted octanol–water partition coefficient (Wildman–Crippen LogP) is 4.01. The number of nitrogens with zero attached hydrogens (tertiary/aromatic N) is 1. The number of H-pyrrole nitrogens is 1. The van der Waals surface area contributed by atoms with Gasteiger partial charge < -0.3 is 4.98 Å². The first-order chi connectivity index (χ1) is 8.05. The molecule has 0 unspecified atom stereocenters. The molecule has 86 valence electrons. The number of hydrogen-bond acceptors (Lipinski definition) is 1. The summed E-state index contributed by atoms with van der Waals surface area (Å²) in [7, 11) is 0. The molecule has 1 N–H and O–H groups in total. The van der Waals surface area contributed by atoms with Crippen LogP contribution >= 0.6 is 0 Å². The van der Waals surface area contributed by atoms with Crippen molar-refractivity contribution in [1.29, 1.82) is 0 Å². The maximum atomic E-state index is 4.80. The molecule has 17 heavy (non-hydrogen) atoms. The lowest BCUT2D eigenvalue weighted by Gasteiger charge is -2.17. The smallest absolute Gasteiger partial charge is 0.0961 e. The summed E-state index contributed by atoms with van der Waals surface area (Å²) in [4.78, 5) is 8.20. The molecule has 1 aromatic carbocycles. The van der Waals surface area contributed by atoms with Crippen LogP contribution in [0.5, 0.6) is 0 Å². The van der Waals surface area contributed by atoms with Gasteiger partial charge in [-0.15, -0.1) is 0 Å². The summed E-state index contributed by atoms with van der Waals surface area (Å²) in [6.45, 7) is 6.57. The van der Waals surface area contributed by atoms with Crippen LogP contribution in [-0.2, 0) is 5.41 Å². The van der Waals surface area contributed by atoms with Crippen molar-refractivity contribution in [1.82, 2.24) is 9.97 Å². The lowest BCUT2D eigenvalue weighted by Crippen LogP contribution is -2.12. The molecule has 0 saturated carbocycles. The molecule has 3 aromatic rings. The van der Waals surface area contributed by atoms with Crippen molar-refractivity contribution in [2.75, 3.05) is 0 Å². The second-order valence-electron chi connectivity index (χ2n) is 5.51. The highest BCUT2D eigenvalue weighted by atomic mass is 14.8. The molecule has 0 aliphatic heterocycles. The summed E-state index contributed by atoms with van der Waals surface area (Å²) in [6, 6.07) is 12.5. The van der Waals surface area contributed by atoms with Crippen LogP contribution in [0, 0.1) is 0 Å². The summed E-state index contributed by atoms with van der Waals surface area (Å²) in [5.74, 6) is 0. The highest BCUT2D eigenvalue weighted by molar-refractivity contribution is 6.04. The van der Waals surface area contributed by atoms with E-state index in [0.29, 0.717) is 0 Å². The van der Waals surface area contributed by atoms with E-state index in [1.54, 1.807) is 0 Å². The highest BCUT2D eigenvalue weighted by Gasteiger charge is 2.16. The lowest BCUT2D eigenvalue weighted by molar-refractivity contribution is 0.571. The van der Waals surface area contributed by atoms with E-state index in [9.17, 15) is 0 Å². The van der Waals surface area contributed by atoms with Crippen molar-refractivity contribution < 1.29 is 0 Å². The fourth-order valence-corrected chi connectivity index (χ4v) is 2.13. The fourth-order valence-electron chi connectivity index (χ4n) is 2.13. The van der Waals surface area contributed by atoms with Crippen molar-refractivity contribution >= 4 is 21.9 Å². The second-order valence-corrected chi connectivity index (χ2v) is 5.51. The van der Waals surface area contributed by atoms with E-state index in [1.165, 1.54) is 5.39 Å². The van der Waals surface area contributed by atoms with Gasteiger partial charge >= 0.3 is 0 Å². The molecule has 0 aliphatic carbocycles. The number of pyridine rings is 1. The number of nitrogens with one attached hydrogen (secondary N) is 1. The van der Waals surface area contributed by atoms with Crippen molar-refractivity contribution in [3.8, 4) is 0 Å². The zero-order chi connectivity index (χ0) is 12.0. The van der Waals surface area contributed by atoms with E-state index < -0.39 is 0 Å². The van der Waals surface area contributed by atoms with Crippen LogP contribution in [0.1, 0.15) is 26.5 Å². The minimum atomic E-state index is 0.0898. The molecule has 0 atom stereocenters. The van der Waals surface area contributed by atoms with Gasteiger partial charge in [-0.1, -0.05) is 39.0 Å². The van der Waals surface area contributed by atoms with Crippen LogP contribution in [0.25, 0.3) is 21.9 Å². The molecule has 0 fully saturated rings. The number of hydrogen-bond donors (Lipinski definition) is 1. The van der Waals surface area contributed by atoms with Gasteiger partial charge in [-0.05, 0) is 18.2 Å². The van der Waals surface area contributed by atoms with Gasteiger partial charge in [0.1, 0.15) is 0 Å². The number of rotatable bonds is 0. The Morgan fingerprint density at radius 3 is 2.47 bits per heavy atom. The topological polar surface area (TPSA) is 28.7 Å². The molecule has 0 spiro atoms. The average molecular weight is 224 g/mol. The molecule has 2 aromatic heterocycles. The molecule has 3 rings (SSSR count). The molecule has 2 heterocycles. The van der Waals surface area contributed by atoms with Gasteiger partial charge in [0.15, 0.2) is 0 Å². The van der Waals surface area contributed by atoms with Gasteiger partial charge in [0.05, 0.1) is 11.0 Å². The molecule has 2 heteroatoms. The average Bonchev–Trinajstić information content (AvgIpc) is 2.65. The lowest BCUT2D eigenvalue weighted by atomic mass is 9.91. The van der Waals surface area contributed by atoms with E-state index in [2.05, 4.69) is 56.1 Å². The van der Waals surface area contributed by atoms with Gasteiger partial charge in [-0.25, -0.2) is 0 Å². The first-order valence-corrected chi connectivity index (χ1v) is 5.94. The van der Waals surface area contributed by atoms with Gasteiger partial charge in [0, 0.05) is 22.0 Å². The first-order valence-electron chi connectivity index (χ1n) is 5.94. The number of para-hydroxylation sites is 1. The minimum absolute atomic E-state index is 0.0898. The monoisotopic (exact) mass is 224 g/mol. The SMILES string of the molecule is CC(C)(C)c1ccc2[nH]c3ccccc3c2n1. The summed E-state index contributed by atoms with van der Waals surface area (Å²) in [6.07, 6.45) is 0. The third-order valence-electron chi connectivity index (χ3n) is 3.12. The van der Waals surface area contributed by atoms with E-state index in [1.807, 2.05) is 6.07 Å². The van der Waals surface area contributed by atoms with E-state index >= 15 is 0 Å². The zero-order valence-electron chi connectivity index (χ0n) is 10.4. The Bertz CT molecular complexity index is 687. The Hall–Kier alpha value is -1.83. The van der Waals surface area contributed by atoms with Crippen LogP contribution in [0.15, 0.2) is 36.4 Å². The van der Waals surface area contributed by atoms with Crippen molar-refractivity contribution in [3.05, 3.63) is 42.1 Å². The molecule has 0 aliphatic rings. The molecular weight excluding hydrogens is 208 g/mol. The molecule has 0 bridgehead atoms. The van der Waals surface area contributed by atoms with E-state index in [0.717, 1.165) is 22.2 Å². The Kier molecular flexibility index (Phi) is 2.02. The maximum Gasteiger partial charge on any atom is 0.0961 e. The van der Waals surface area contributed by atoms with Crippen molar-refractivity contribution in [3.63, 3.8) is 0 Å². The predicted molar refractivity (Wildman–Crippen MR) is 72.3 cm³/mol. The normalized spacial score (nSPS) is 12.4. The van der Waals surface area contributed by atoms with E-state index in [-0.39, 0.29) is 5.41 Å². The molecule has 2 nitrogen and oxygen atoms in total. The second kappa shape index (κ2) is 3.33. The van der Waals surface area contributed by atoms with Gasteiger partial charge in [0.25, 0.3) is 0 Å². The molecule has 0 saturated heterocycles. The van der Waals surface area contributed by atoms with Crippen LogP contribution in [0.3, 0.4) is 0 Å². The van der Waals surface area contributed by atoms with Crippen LogP contribution < -0.4 is 0 Å². The third-order valence-corrected chi connectivity index (χ3v) is 3.12. The Balaban J connectivity index is 2.38. The van der Waals surface area contributed by atoms with Crippen molar-refractivity contribution in [2.45, 2.75) is 26.2 Å². The van der Waals surface area contributed by atoms with Gasteiger partial charge in [0.2, 0.25) is 0 Å². The number of fused-ring (bicyclic) bond motifs is 3. The van der Waals surface area contributed by atoms with Crippen LogP contribution in [-0.4, -0.2) is 9.97 Å². The van der Waals surface area contributed by atoms with Crippen LogP contribution in [0.4, 0.5) is 0 Å². The highest BCUT2D eigenvalue weighted by Crippen LogP contribution is 2.27. The van der Waals surface area contributed by atoms with Crippen molar-refractivity contribution in [2.24, 2.45) is 0 Å². The number of aromatic nitrogens is 2. The molecule has 0 amide bonds. The van der Waals surface area contributed by atoms with Gasteiger partial charge in [-0.2, -0.15) is 0 Å². The minimum Gasteiger partial charge on any atom is -0.353 e. The van der Waals surface area contributed by atoms with Crippen LogP contribution in [0.2, 0.25) is 0 Å². The molecule has 0 radical (unpaired) electrons. The number of aromatic amines is 1. The summed E-state index contributed by atoms with van der Waals surface area (Å²) in [5, 5.41) is 1.20.